The maximum atomic E-state index is 11.9. The lowest BCUT2D eigenvalue weighted by molar-refractivity contribution is -0.137. The molecule has 1 heterocycles. The Balaban J connectivity index is 2.22. The van der Waals surface area contributed by atoms with E-state index in [1.807, 2.05) is 19.1 Å². The van der Waals surface area contributed by atoms with Crippen molar-refractivity contribution in [3.63, 3.8) is 0 Å². The highest BCUT2D eigenvalue weighted by Crippen LogP contribution is 2.09. The fourth-order valence-corrected chi connectivity index (χ4v) is 1.91. The number of carboxylic acids is 1. The lowest BCUT2D eigenvalue weighted by Gasteiger charge is -2.18. The number of aliphatic carboxylic acids is 1. The predicted molar refractivity (Wildman–Crippen MR) is 79.8 cm³/mol. The molecule has 116 valence electrons. The van der Waals surface area contributed by atoms with Crippen molar-refractivity contribution in [2.24, 2.45) is 5.92 Å². The van der Waals surface area contributed by atoms with Gasteiger partial charge in [0.1, 0.15) is 0 Å². The molecule has 0 bridgehead atoms. The molecule has 0 aliphatic rings. The summed E-state index contributed by atoms with van der Waals surface area (Å²) < 4.78 is 0. The molecule has 6 heteroatoms. The minimum atomic E-state index is -0.775. The normalized spacial score (nSPS) is 11.7. The molecule has 1 unspecified atom stereocenters. The van der Waals surface area contributed by atoms with Crippen molar-refractivity contribution in [3.05, 3.63) is 30.1 Å². The van der Waals surface area contributed by atoms with Gasteiger partial charge in [0.2, 0.25) is 0 Å². The molecule has 0 aliphatic carbocycles. The molecule has 0 saturated heterocycles. The summed E-state index contributed by atoms with van der Waals surface area (Å²) in [7, 11) is 1.74. The van der Waals surface area contributed by atoms with E-state index in [0.29, 0.717) is 19.5 Å². The zero-order valence-corrected chi connectivity index (χ0v) is 12.6. The average molecular weight is 293 g/mol. The zero-order valence-electron chi connectivity index (χ0n) is 12.6. The van der Waals surface area contributed by atoms with E-state index in [0.717, 1.165) is 12.0 Å². The number of nitrogens with one attached hydrogen (secondary N) is 1. The summed E-state index contributed by atoms with van der Waals surface area (Å²) in [5.41, 5.74) is 1.03. The third-order valence-corrected chi connectivity index (χ3v) is 3.28. The standard InChI is InChI=1S/C15H23N3O3/c1-12(3-4-14(19)20)5-10-17-15(21)18(2)11-13-6-8-16-9-7-13/h6-9,12H,3-5,10-11H2,1-2H3,(H,17,21)(H,19,20). The van der Waals surface area contributed by atoms with Crippen LogP contribution in [0.25, 0.3) is 0 Å². The Labute approximate surface area is 125 Å². The van der Waals surface area contributed by atoms with Crippen molar-refractivity contribution in [2.75, 3.05) is 13.6 Å². The fraction of sp³-hybridized carbons (Fsp3) is 0.533. The summed E-state index contributed by atoms with van der Waals surface area (Å²) in [6, 6.07) is 3.62. The number of carbonyl (C=O) groups excluding carboxylic acids is 1. The molecule has 0 aromatic carbocycles. The Bertz CT molecular complexity index is 451. The second kappa shape index (κ2) is 8.94. The number of pyridine rings is 1. The SMILES string of the molecule is CC(CCNC(=O)N(C)Cc1ccncc1)CCC(=O)O. The number of urea groups is 1. The highest BCUT2D eigenvalue weighted by Gasteiger charge is 2.10. The predicted octanol–water partition coefficient (Wildman–Crippen LogP) is 2.11. The Morgan fingerprint density at radius 2 is 2.00 bits per heavy atom. The van der Waals surface area contributed by atoms with Gasteiger partial charge in [-0.05, 0) is 36.5 Å². The van der Waals surface area contributed by atoms with Gasteiger partial charge in [-0.25, -0.2) is 4.79 Å². The molecule has 0 aliphatic heterocycles. The van der Waals surface area contributed by atoms with E-state index in [-0.39, 0.29) is 18.4 Å². The first-order valence-corrected chi connectivity index (χ1v) is 7.08. The summed E-state index contributed by atoms with van der Waals surface area (Å²) in [5.74, 6) is -0.491. The molecule has 1 rings (SSSR count). The third kappa shape index (κ3) is 7.29. The van der Waals surface area contributed by atoms with Crippen molar-refractivity contribution < 1.29 is 14.7 Å². The molecular weight excluding hydrogens is 270 g/mol. The Morgan fingerprint density at radius 1 is 1.33 bits per heavy atom. The number of hydrogen-bond acceptors (Lipinski definition) is 3. The molecule has 2 amide bonds. The molecule has 1 aromatic heterocycles. The topological polar surface area (TPSA) is 82.5 Å². The maximum Gasteiger partial charge on any atom is 0.317 e. The Hall–Kier alpha value is -2.11. The van der Waals surface area contributed by atoms with E-state index in [4.69, 9.17) is 5.11 Å². The molecule has 0 fully saturated rings. The van der Waals surface area contributed by atoms with E-state index >= 15 is 0 Å². The Morgan fingerprint density at radius 3 is 2.62 bits per heavy atom. The lowest BCUT2D eigenvalue weighted by Crippen LogP contribution is -2.37. The maximum absolute atomic E-state index is 11.9. The van der Waals surface area contributed by atoms with Crippen LogP contribution in [0.5, 0.6) is 0 Å². The number of nitrogens with zero attached hydrogens (tertiary/aromatic N) is 2. The van der Waals surface area contributed by atoms with Gasteiger partial charge in [-0.3, -0.25) is 9.78 Å². The molecule has 6 nitrogen and oxygen atoms in total. The van der Waals surface area contributed by atoms with Crippen LogP contribution >= 0.6 is 0 Å². The van der Waals surface area contributed by atoms with Crippen molar-refractivity contribution >= 4 is 12.0 Å². The first-order valence-electron chi connectivity index (χ1n) is 7.08. The van der Waals surface area contributed by atoms with E-state index < -0.39 is 5.97 Å². The van der Waals surface area contributed by atoms with Gasteiger partial charge in [-0.2, -0.15) is 0 Å². The van der Waals surface area contributed by atoms with Gasteiger partial charge in [0.25, 0.3) is 0 Å². The first kappa shape index (κ1) is 16.9. The number of carbonyl (C=O) groups is 2. The van der Waals surface area contributed by atoms with Crippen molar-refractivity contribution in [1.29, 1.82) is 0 Å². The van der Waals surface area contributed by atoms with Crippen molar-refractivity contribution in [3.8, 4) is 0 Å². The summed E-state index contributed by atoms with van der Waals surface area (Å²) in [4.78, 5) is 27.9. The van der Waals surface area contributed by atoms with E-state index in [9.17, 15) is 9.59 Å². The molecular formula is C15H23N3O3. The quantitative estimate of drug-likeness (QED) is 0.769. The number of hydrogen-bond donors (Lipinski definition) is 2. The fourth-order valence-electron chi connectivity index (χ4n) is 1.91. The molecule has 1 atom stereocenters. The third-order valence-electron chi connectivity index (χ3n) is 3.28. The van der Waals surface area contributed by atoms with Crippen LogP contribution in [0.15, 0.2) is 24.5 Å². The van der Waals surface area contributed by atoms with E-state index in [1.165, 1.54) is 0 Å². The second-order valence-electron chi connectivity index (χ2n) is 5.27. The van der Waals surface area contributed by atoms with Crippen LogP contribution in [0.3, 0.4) is 0 Å². The molecule has 0 spiro atoms. The van der Waals surface area contributed by atoms with Crippen LogP contribution in [-0.4, -0.2) is 40.6 Å². The monoisotopic (exact) mass is 293 g/mol. The van der Waals surface area contributed by atoms with Crippen molar-refractivity contribution in [2.45, 2.75) is 32.7 Å². The molecule has 0 radical (unpaired) electrons. The largest absolute Gasteiger partial charge is 0.481 e. The zero-order chi connectivity index (χ0) is 15.7. The van der Waals surface area contributed by atoms with Crippen LogP contribution < -0.4 is 5.32 Å². The molecule has 1 aromatic rings. The van der Waals surface area contributed by atoms with Crippen LogP contribution in [0, 0.1) is 5.92 Å². The number of carboxylic acid groups (broad SMARTS) is 1. The lowest BCUT2D eigenvalue weighted by atomic mass is 10.0. The van der Waals surface area contributed by atoms with Crippen molar-refractivity contribution in [1.82, 2.24) is 15.2 Å². The van der Waals surface area contributed by atoms with Gasteiger partial charge in [0.15, 0.2) is 0 Å². The number of rotatable bonds is 8. The second-order valence-corrected chi connectivity index (χ2v) is 5.27. The van der Waals surface area contributed by atoms with Crippen LogP contribution in [0.2, 0.25) is 0 Å². The van der Waals surface area contributed by atoms with Crippen LogP contribution in [0.4, 0.5) is 4.79 Å². The molecule has 21 heavy (non-hydrogen) atoms. The van der Waals surface area contributed by atoms with Gasteiger partial charge in [0, 0.05) is 39.0 Å². The molecule has 0 saturated carbocycles. The minimum Gasteiger partial charge on any atom is -0.481 e. The summed E-state index contributed by atoms with van der Waals surface area (Å²) in [6.07, 6.45) is 4.99. The average Bonchev–Trinajstić information content (AvgIpc) is 2.46. The summed E-state index contributed by atoms with van der Waals surface area (Å²) in [6.45, 7) is 3.08. The van der Waals surface area contributed by atoms with Gasteiger partial charge in [-0.1, -0.05) is 6.92 Å². The van der Waals surface area contributed by atoms with Gasteiger partial charge < -0.3 is 15.3 Å². The minimum absolute atomic E-state index is 0.128. The van der Waals surface area contributed by atoms with Gasteiger partial charge >= 0.3 is 12.0 Å². The number of amides is 2. The van der Waals surface area contributed by atoms with E-state index in [1.54, 1.807) is 24.3 Å². The van der Waals surface area contributed by atoms with Crippen LogP contribution in [0.1, 0.15) is 31.7 Å². The summed E-state index contributed by atoms with van der Waals surface area (Å²) >= 11 is 0. The highest BCUT2D eigenvalue weighted by molar-refractivity contribution is 5.73. The van der Waals surface area contributed by atoms with Gasteiger partial charge in [0.05, 0.1) is 0 Å². The van der Waals surface area contributed by atoms with Crippen LogP contribution in [-0.2, 0) is 11.3 Å². The Kier molecular flexibility index (Phi) is 7.21. The molecule has 2 N–H and O–H groups in total. The number of aromatic nitrogens is 1. The highest BCUT2D eigenvalue weighted by atomic mass is 16.4. The first-order chi connectivity index (χ1) is 9.99. The summed E-state index contributed by atoms with van der Waals surface area (Å²) in [5, 5.41) is 11.5. The van der Waals surface area contributed by atoms with Gasteiger partial charge in [-0.15, -0.1) is 0 Å². The van der Waals surface area contributed by atoms with E-state index in [2.05, 4.69) is 10.3 Å². The smallest absolute Gasteiger partial charge is 0.317 e.